The van der Waals surface area contributed by atoms with Gasteiger partial charge in [0.1, 0.15) is 5.75 Å². The van der Waals surface area contributed by atoms with E-state index in [1.165, 1.54) is 18.2 Å². The van der Waals surface area contributed by atoms with Crippen molar-refractivity contribution in [1.82, 2.24) is 14.8 Å². The second kappa shape index (κ2) is 8.14. The van der Waals surface area contributed by atoms with Crippen molar-refractivity contribution in [3.63, 3.8) is 0 Å². The highest BCUT2D eigenvalue weighted by Crippen LogP contribution is 2.41. The number of carbonyl (C=O) groups excluding carboxylic acids is 1. The van der Waals surface area contributed by atoms with E-state index in [0.29, 0.717) is 29.3 Å². The maximum absolute atomic E-state index is 13.5. The van der Waals surface area contributed by atoms with E-state index in [4.69, 9.17) is 4.98 Å². The van der Waals surface area contributed by atoms with E-state index in [-0.39, 0.29) is 17.8 Å². The Morgan fingerprint density at radius 2 is 2.00 bits per heavy atom. The summed E-state index contributed by atoms with van der Waals surface area (Å²) in [4.78, 5) is 22.1. The average Bonchev–Trinajstić information content (AvgIpc) is 3.42. The Bertz CT molecular complexity index is 1480. The van der Waals surface area contributed by atoms with Gasteiger partial charge in [0.15, 0.2) is 5.82 Å². The van der Waals surface area contributed by atoms with Crippen LogP contribution in [0.25, 0.3) is 22.2 Å². The lowest BCUT2D eigenvalue weighted by molar-refractivity contribution is -0.274. The monoisotopic (exact) mass is 494 g/mol. The number of urea groups is 1. The number of anilines is 3. The predicted molar refractivity (Wildman–Crippen MR) is 129 cm³/mol. The molecular weight excluding hydrogens is 473 g/mol. The van der Waals surface area contributed by atoms with E-state index in [0.717, 1.165) is 29.6 Å². The zero-order valence-corrected chi connectivity index (χ0v) is 19.2. The van der Waals surface area contributed by atoms with Gasteiger partial charge in [-0.05, 0) is 48.9 Å². The van der Waals surface area contributed by atoms with Crippen molar-refractivity contribution in [2.75, 3.05) is 28.2 Å². The van der Waals surface area contributed by atoms with Gasteiger partial charge in [0.25, 0.3) is 0 Å². The van der Waals surface area contributed by atoms with Gasteiger partial charge in [-0.25, -0.2) is 9.78 Å². The molecule has 1 N–H and O–H groups in total. The number of benzene rings is 2. The van der Waals surface area contributed by atoms with Gasteiger partial charge in [-0.15, -0.1) is 13.2 Å². The van der Waals surface area contributed by atoms with Crippen molar-refractivity contribution in [3.8, 4) is 17.0 Å². The zero-order chi connectivity index (χ0) is 25.0. The van der Waals surface area contributed by atoms with E-state index in [2.05, 4.69) is 20.1 Å². The summed E-state index contributed by atoms with van der Waals surface area (Å²) in [6.45, 7) is 1.48. The lowest BCUT2D eigenvalue weighted by Gasteiger charge is -2.36. The van der Waals surface area contributed by atoms with Crippen molar-refractivity contribution < 1.29 is 22.7 Å². The molecule has 0 aliphatic carbocycles. The number of pyridine rings is 1. The molecule has 4 aromatic rings. The number of carbonyl (C=O) groups is 1. The number of hydrogen-bond acceptors (Lipinski definition) is 5. The van der Waals surface area contributed by atoms with E-state index >= 15 is 0 Å². The number of halogens is 3. The number of rotatable bonds is 3. The highest BCUT2D eigenvalue weighted by atomic mass is 19.4. The number of amides is 2. The van der Waals surface area contributed by atoms with Crippen molar-refractivity contribution in [1.29, 1.82) is 0 Å². The van der Waals surface area contributed by atoms with Crippen molar-refractivity contribution in [2.45, 2.75) is 18.8 Å². The summed E-state index contributed by atoms with van der Waals surface area (Å²) in [5, 5.41) is 8.12. The Kier molecular flexibility index (Phi) is 5.02. The second-order valence-corrected chi connectivity index (χ2v) is 8.85. The topological polar surface area (TPSA) is 75.5 Å². The molecule has 8 nitrogen and oxygen atoms in total. The van der Waals surface area contributed by atoms with Gasteiger partial charge in [-0.2, -0.15) is 5.10 Å². The van der Waals surface area contributed by atoms with Crippen LogP contribution in [0.3, 0.4) is 0 Å². The molecule has 0 spiro atoms. The van der Waals surface area contributed by atoms with E-state index in [1.807, 2.05) is 31.3 Å². The first-order valence-electron chi connectivity index (χ1n) is 11.4. The first-order valence-corrected chi connectivity index (χ1v) is 11.4. The van der Waals surface area contributed by atoms with Crippen LogP contribution < -0.4 is 19.9 Å². The fourth-order valence-corrected chi connectivity index (χ4v) is 4.91. The van der Waals surface area contributed by atoms with Crippen LogP contribution in [0.1, 0.15) is 6.42 Å². The number of hydrogen-bond donors (Lipinski definition) is 1. The number of fused-ring (bicyclic) bond motifs is 5. The Labute approximate surface area is 203 Å². The molecule has 1 atom stereocenters. The summed E-state index contributed by atoms with van der Waals surface area (Å²) in [7, 11) is 1.85. The second-order valence-electron chi connectivity index (χ2n) is 8.85. The van der Waals surface area contributed by atoms with Crippen LogP contribution >= 0.6 is 0 Å². The van der Waals surface area contributed by atoms with Crippen LogP contribution in [0, 0.1) is 0 Å². The third kappa shape index (κ3) is 3.96. The molecule has 2 bridgehead atoms. The molecule has 184 valence electrons. The highest BCUT2D eigenvalue weighted by molar-refractivity contribution is 6.05. The fraction of sp³-hybridized carbons (Fsp3) is 0.240. The van der Waals surface area contributed by atoms with E-state index < -0.39 is 6.36 Å². The number of alkyl halides is 3. The van der Waals surface area contributed by atoms with Gasteiger partial charge in [-0.1, -0.05) is 12.1 Å². The largest absolute Gasteiger partial charge is 0.573 e. The number of ether oxygens (including phenoxy) is 1. The quantitative estimate of drug-likeness (QED) is 0.426. The number of aryl methyl sites for hydroxylation is 1. The molecule has 0 radical (unpaired) electrons. The molecule has 1 fully saturated rings. The maximum atomic E-state index is 13.5. The zero-order valence-electron chi connectivity index (χ0n) is 19.2. The highest BCUT2D eigenvalue weighted by Gasteiger charge is 2.40. The number of aromatic nitrogens is 3. The van der Waals surface area contributed by atoms with Gasteiger partial charge in [-0.3, -0.25) is 9.58 Å². The van der Waals surface area contributed by atoms with Crippen LogP contribution in [0.15, 0.2) is 60.8 Å². The summed E-state index contributed by atoms with van der Waals surface area (Å²) in [5.74, 6) is 0.145. The smallest absolute Gasteiger partial charge is 0.406 e. The number of nitrogens with zero attached hydrogens (tertiary/aromatic N) is 5. The lowest BCUT2D eigenvalue weighted by atomic mass is 10.1. The van der Waals surface area contributed by atoms with Gasteiger partial charge < -0.3 is 15.0 Å². The fourth-order valence-electron chi connectivity index (χ4n) is 4.91. The average molecular weight is 494 g/mol. The maximum Gasteiger partial charge on any atom is 0.573 e. The molecule has 0 saturated carbocycles. The van der Waals surface area contributed by atoms with Crippen molar-refractivity contribution in [3.05, 3.63) is 60.8 Å². The molecule has 2 aromatic heterocycles. The third-order valence-electron chi connectivity index (χ3n) is 6.53. The molecule has 4 heterocycles. The summed E-state index contributed by atoms with van der Waals surface area (Å²) in [6, 6.07) is 14.5. The van der Waals surface area contributed by atoms with Crippen LogP contribution in [0.4, 0.5) is 35.2 Å². The minimum absolute atomic E-state index is 0.0673. The predicted octanol–water partition coefficient (Wildman–Crippen LogP) is 5.16. The van der Waals surface area contributed by atoms with Gasteiger partial charge in [0.2, 0.25) is 0 Å². The summed E-state index contributed by atoms with van der Waals surface area (Å²) in [6.07, 6.45) is -2.27. The van der Waals surface area contributed by atoms with Gasteiger partial charge in [0.05, 0.1) is 29.1 Å². The van der Waals surface area contributed by atoms with Crippen LogP contribution in [-0.2, 0) is 7.05 Å². The van der Waals surface area contributed by atoms with E-state index in [1.54, 1.807) is 27.9 Å². The molecule has 2 amide bonds. The summed E-state index contributed by atoms with van der Waals surface area (Å²) in [5.41, 5.74) is 3.29. The first kappa shape index (κ1) is 22.2. The SMILES string of the molecule is Cn1ncc2cc(NC(=O)N3c4nc(-c5cccc(OC(F)(F)F)c5)ccc4N4CC[C@H]3C4)ccc21. The molecule has 2 aliphatic heterocycles. The Morgan fingerprint density at radius 1 is 1.14 bits per heavy atom. The van der Waals surface area contributed by atoms with Crippen molar-refractivity contribution in [2.24, 2.45) is 7.05 Å². The normalized spacial score (nSPS) is 16.8. The van der Waals surface area contributed by atoms with Gasteiger partial charge >= 0.3 is 12.4 Å². The van der Waals surface area contributed by atoms with Crippen LogP contribution in [0.2, 0.25) is 0 Å². The van der Waals surface area contributed by atoms with Crippen molar-refractivity contribution >= 4 is 34.1 Å². The molecule has 0 unspecified atom stereocenters. The number of nitrogens with one attached hydrogen (secondary N) is 1. The van der Waals surface area contributed by atoms with E-state index in [9.17, 15) is 18.0 Å². The Morgan fingerprint density at radius 3 is 2.83 bits per heavy atom. The first-order chi connectivity index (χ1) is 17.2. The Hall–Kier alpha value is -4.28. The van der Waals surface area contributed by atoms with Gasteiger partial charge in [0, 0.05) is 36.8 Å². The molecule has 1 saturated heterocycles. The summed E-state index contributed by atoms with van der Waals surface area (Å²) >= 11 is 0. The molecule has 2 aliphatic rings. The molecule has 6 rings (SSSR count). The summed E-state index contributed by atoms with van der Waals surface area (Å²) < 4.78 is 43.9. The molecular formula is C25H21F3N6O2. The van der Waals surface area contributed by atoms with Crippen LogP contribution in [0.5, 0.6) is 5.75 Å². The third-order valence-corrected chi connectivity index (χ3v) is 6.53. The molecule has 36 heavy (non-hydrogen) atoms. The molecule has 11 heteroatoms. The minimum atomic E-state index is -4.79. The van der Waals surface area contributed by atoms with Crippen LogP contribution in [-0.4, -0.2) is 46.3 Å². The standard InChI is InChI=1S/C25H21F3N6O2/c1-32-21-7-5-17(11-16(21)13-29-32)30-24(35)34-18-9-10-33(14-18)22-8-6-20(31-23(22)34)15-3-2-4-19(12-15)36-25(26,27)28/h2-8,11-13,18H,9-10,14H2,1H3,(H,30,35)/t18-/m0/s1. The Balaban J connectivity index is 1.33. The minimum Gasteiger partial charge on any atom is -0.406 e. The lowest BCUT2D eigenvalue weighted by Crippen LogP contribution is -2.48. The molecule has 2 aromatic carbocycles.